The van der Waals surface area contributed by atoms with E-state index < -0.39 is 23.2 Å². The molecule has 1 saturated carbocycles. The van der Waals surface area contributed by atoms with Crippen molar-refractivity contribution in [2.75, 3.05) is 0 Å². The predicted molar refractivity (Wildman–Crippen MR) is 62.4 cm³/mol. The van der Waals surface area contributed by atoms with Gasteiger partial charge in [0, 0.05) is 5.56 Å². The van der Waals surface area contributed by atoms with Gasteiger partial charge >= 0.3 is 0 Å². The van der Waals surface area contributed by atoms with Crippen LogP contribution in [-0.4, -0.2) is 5.11 Å². The summed E-state index contributed by atoms with van der Waals surface area (Å²) < 4.78 is 26.8. The van der Waals surface area contributed by atoms with Gasteiger partial charge in [0.1, 0.15) is 6.10 Å². The molecule has 1 N–H and O–H groups in total. The minimum atomic E-state index is -1.27. The van der Waals surface area contributed by atoms with Gasteiger partial charge in [0.15, 0.2) is 11.6 Å². The molecule has 96 valence electrons. The summed E-state index contributed by atoms with van der Waals surface area (Å²) in [5.74, 6) is -2.04. The van der Waals surface area contributed by atoms with Crippen molar-refractivity contribution in [2.45, 2.75) is 38.2 Å². The zero-order chi connectivity index (χ0) is 13.2. The standard InChI is InChI=1S/C14H15F2NO/c15-11-6-4-5-10(12(11)16)13(18)14(9-17)7-2-1-3-8-14/h4-6,13,18H,1-3,7-8H2. The summed E-state index contributed by atoms with van der Waals surface area (Å²) in [6.07, 6.45) is 2.48. The monoisotopic (exact) mass is 251 g/mol. The van der Waals surface area contributed by atoms with E-state index in [0.29, 0.717) is 12.8 Å². The highest BCUT2D eigenvalue weighted by molar-refractivity contribution is 5.26. The summed E-state index contributed by atoms with van der Waals surface area (Å²) in [5.41, 5.74) is -1.09. The maximum absolute atomic E-state index is 13.7. The van der Waals surface area contributed by atoms with Gasteiger partial charge in [-0.1, -0.05) is 31.4 Å². The van der Waals surface area contributed by atoms with Gasteiger partial charge in [-0.25, -0.2) is 8.78 Å². The van der Waals surface area contributed by atoms with Crippen molar-refractivity contribution in [1.29, 1.82) is 5.26 Å². The Hall–Kier alpha value is -1.47. The molecule has 0 bridgehead atoms. The highest BCUT2D eigenvalue weighted by Gasteiger charge is 2.41. The van der Waals surface area contributed by atoms with E-state index in [1.807, 2.05) is 0 Å². The quantitative estimate of drug-likeness (QED) is 0.874. The van der Waals surface area contributed by atoms with Crippen molar-refractivity contribution in [3.05, 3.63) is 35.4 Å². The number of benzene rings is 1. The van der Waals surface area contributed by atoms with Gasteiger partial charge in [-0.3, -0.25) is 0 Å². The summed E-state index contributed by atoms with van der Waals surface area (Å²) in [6.45, 7) is 0. The molecule has 0 radical (unpaired) electrons. The number of hydrogen-bond donors (Lipinski definition) is 1. The Bertz CT molecular complexity index is 475. The second-order valence-electron chi connectivity index (χ2n) is 4.87. The summed E-state index contributed by atoms with van der Waals surface area (Å²) in [6, 6.07) is 5.82. The lowest BCUT2D eigenvalue weighted by Gasteiger charge is -2.35. The number of halogens is 2. The van der Waals surface area contributed by atoms with Crippen molar-refractivity contribution >= 4 is 0 Å². The van der Waals surface area contributed by atoms with E-state index in [4.69, 9.17) is 0 Å². The lowest BCUT2D eigenvalue weighted by Crippen LogP contribution is -2.30. The molecule has 1 aromatic carbocycles. The van der Waals surface area contributed by atoms with Crippen LogP contribution in [0.25, 0.3) is 0 Å². The first-order valence-corrected chi connectivity index (χ1v) is 6.14. The number of nitriles is 1. The first kappa shape index (κ1) is 13.0. The number of aliphatic hydroxyl groups excluding tert-OH is 1. The molecule has 1 fully saturated rings. The van der Waals surface area contributed by atoms with Crippen LogP contribution in [0.3, 0.4) is 0 Å². The first-order valence-electron chi connectivity index (χ1n) is 6.14. The highest BCUT2D eigenvalue weighted by atomic mass is 19.2. The van der Waals surface area contributed by atoms with Gasteiger partial charge < -0.3 is 5.11 Å². The molecule has 1 aromatic rings. The molecule has 1 aliphatic rings. The summed E-state index contributed by atoms with van der Waals surface area (Å²) in [4.78, 5) is 0. The van der Waals surface area contributed by atoms with Gasteiger partial charge in [-0.15, -0.1) is 0 Å². The van der Waals surface area contributed by atoms with Gasteiger partial charge in [0.2, 0.25) is 0 Å². The molecule has 4 heteroatoms. The summed E-state index contributed by atoms with van der Waals surface area (Å²) in [7, 11) is 0. The number of hydrogen-bond acceptors (Lipinski definition) is 2. The van der Waals surface area contributed by atoms with Crippen LogP contribution >= 0.6 is 0 Å². The van der Waals surface area contributed by atoms with E-state index in [9.17, 15) is 19.1 Å². The highest BCUT2D eigenvalue weighted by Crippen LogP contribution is 2.46. The van der Waals surface area contributed by atoms with Crippen LogP contribution in [0.15, 0.2) is 18.2 Å². The summed E-state index contributed by atoms with van der Waals surface area (Å²) >= 11 is 0. The van der Waals surface area contributed by atoms with Crippen LogP contribution in [0.1, 0.15) is 43.8 Å². The van der Waals surface area contributed by atoms with Gasteiger partial charge in [0.25, 0.3) is 0 Å². The van der Waals surface area contributed by atoms with Crippen molar-refractivity contribution < 1.29 is 13.9 Å². The zero-order valence-corrected chi connectivity index (χ0v) is 10.00. The number of aliphatic hydroxyl groups is 1. The Morgan fingerprint density at radius 2 is 1.89 bits per heavy atom. The molecular weight excluding hydrogens is 236 g/mol. The SMILES string of the molecule is N#CC1(C(O)c2cccc(F)c2F)CCCCC1. The number of nitrogens with zero attached hydrogens (tertiary/aromatic N) is 1. The Kier molecular flexibility index (Phi) is 3.63. The van der Waals surface area contributed by atoms with Crippen LogP contribution in [0, 0.1) is 28.4 Å². The number of rotatable bonds is 2. The van der Waals surface area contributed by atoms with Gasteiger partial charge in [0.05, 0.1) is 11.5 Å². The average Bonchev–Trinajstić information content (AvgIpc) is 2.42. The van der Waals surface area contributed by atoms with Crippen molar-refractivity contribution in [3.8, 4) is 6.07 Å². The molecule has 0 saturated heterocycles. The van der Waals surface area contributed by atoms with Crippen LogP contribution in [0.2, 0.25) is 0 Å². The van der Waals surface area contributed by atoms with E-state index in [1.54, 1.807) is 0 Å². The van der Waals surface area contributed by atoms with Crippen LogP contribution in [0.5, 0.6) is 0 Å². The van der Waals surface area contributed by atoms with E-state index in [-0.39, 0.29) is 5.56 Å². The Morgan fingerprint density at radius 3 is 2.50 bits per heavy atom. The van der Waals surface area contributed by atoms with Crippen molar-refractivity contribution in [3.63, 3.8) is 0 Å². The van der Waals surface area contributed by atoms with E-state index in [0.717, 1.165) is 25.3 Å². The molecule has 1 atom stereocenters. The van der Waals surface area contributed by atoms with Gasteiger partial charge in [-0.05, 0) is 18.9 Å². The Morgan fingerprint density at radius 1 is 1.22 bits per heavy atom. The Labute approximate surface area is 105 Å². The third-order valence-corrected chi connectivity index (χ3v) is 3.77. The minimum absolute atomic E-state index is 0.113. The fourth-order valence-electron chi connectivity index (χ4n) is 2.66. The van der Waals surface area contributed by atoms with Crippen LogP contribution in [0.4, 0.5) is 8.78 Å². The third kappa shape index (κ3) is 2.11. The smallest absolute Gasteiger partial charge is 0.164 e. The largest absolute Gasteiger partial charge is 0.387 e. The van der Waals surface area contributed by atoms with E-state index >= 15 is 0 Å². The second kappa shape index (κ2) is 5.03. The lowest BCUT2D eigenvalue weighted by molar-refractivity contribution is 0.0328. The fourth-order valence-corrected chi connectivity index (χ4v) is 2.66. The van der Waals surface area contributed by atoms with Crippen LogP contribution in [-0.2, 0) is 0 Å². The van der Waals surface area contributed by atoms with Gasteiger partial charge in [-0.2, -0.15) is 5.26 Å². The fraction of sp³-hybridized carbons (Fsp3) is 0.500. The molecule has 1 aliphatic carbocycles. The molecule has 18 heavy (non-hydrogen) atoms. The Balaban J connectivity index is 2.37. The molecule has 1 unspecified atom stereocenters. The molecule has 0 aliphatic heterocycles. The maximum atomic E-state index is 13.7. The van der Waals surface area contributed by atoms with Crippen molar-refractivity contribution in [2.24, 2.45) is 5.41 Å². The molecule has 0 spiro atoms. The topological polar surface area (TPSA) is 44.0 Å². The second-order valence-corrected chi connectivity index (χ2v) is 4.87. The molecular formula is C14H15F2NO. The molecule has 0 heterocycles. The third-order valence-electron chi connectivity index (χ3n) is 3.77. The lowest BCUT2D eigenvalue weighted by atomic mass is 9.69. The predicted octanol–water partition coefficient (Wildman–Crippen LogP) is 3.47. The molecule has 0 aromatic heterocycles. The average molecular weight is 251 g/mol. The van der Waals surface area contributed by atoms with Crippen LogP contribution < -0.4 is 0 Å². The van der Waals surface area contributed by atoms with E-state index in [2.05, 4.69) is 6.07 Å². The summed E-state index contributed by atoms with van der Waals surface area (Å²) in [5, 5.41) is 19.6. The zero-order valence-electron chi connectivity index (χ0n) is 10.00. The normalized spacial score (nSPS) is 20.1. The first-order chi connectivity index (χ1) is 8.60. The molecule has 2 nitrogen and oxygen atoms in total. The molecule has 0 amide bonds. The van der Waals surface area contributed by atoms with E-state index in [1.165, 1.54) is 12.1 Å². The van der Waals surface area contributed by atoms with Crippen molar-refractivity contribution in [1.82, 2.24) is 0 Å². The maximum Gasteiger partial charge on any atom is 0.164 e. The molecule has 2 rings (SSSR count). The minimum Gasteiger partial charge on any atom is -0.387 e.